The van der Waals surface area contributed by atoms with E-state index < -0.39 is 0 Å². The van der Waals surface area contributed by atoms with E-state index in [0.29, 0.717) is 17.4 Å². The lowest BCUT2D eigenvalue weighted by molar-refractivity contribution is 1.11. The summed E-state index contributed by atoms with van der Waals surface area (Å²) in [4.78, 5) is 4.56. The first-order chi connectivity index (χ1) is 8.86. The highest BCUT2D eigenvalue weighted by molar-refractivity contribution is 5.65. The number of pyridine rings is 1. The lowest BCUT2D eigenvalue weighted by atomic mass is 10.1. The number of hydrogen-bond donors (Lipinski definition) is 1. The lowest BCUT2D eigenvalue weighted by Gasteiger charge is -2.08. The van der Waals surface area contributed by atoms with Gasteiger partial charge in [0.1, 0.15) is 11.9 Å². The maximum atomic E-state index is 9.08. The van der Waals surface area contributed by atoms with Crippen molar-refractivity contribution in [3.05, 3.63) is 48.0 Å². The molecule has 1 aliphatic carbocycles. The van der Waals surface area contributed by atoms with Gasteiger partial charge >= 0.3 is 0 Å². The van der Waals surface area contributed by atoms with Crippen molar-refractivity contribution in [3.63, 3.8) is 0 Å². The van der Waals surface area contributed by atoms with Crippen LogP contribution in [0, 0.1) is 11.3 Å². The first-order valence-corrected chi connectivity index (χ1v) is 6.10. The first-order valence-electron chi connectivity index (χ1n) is 6.10. The van der Waals surface area contributed by atoms with E-state index in [4.69, 9.17) is 5.26 Å². The molecule has 0 unspecified atom stereocenters. The summed E-state index contributed by atoms with van der Waals surface area (Å²) in [6.07, 6.45) is 2.34. The Morgan fingerprint density at radius 3 is 2.56 bits per heavy atom. The zero-order chi connectivity index (χ0) is 12.4. The third-order valence-electron chi connectivity index (χ3n) is 3.00. The molecule has 0 radical (unpaired) electrons. The Kier molecular flexibility index (Phi) is 2.70. The number of rotatable bonds is 3. The van der Waals surface area contributed by atoms with Crippen molar-refractivity contribution < 1.29 is 0 Å². The molecule has 0 atom stereocenters. The minimum absolute atomic E-state index is 0.496. The summed E-state index contributed by atoms with van der Waals surface area (Å²) in [6.45, 7) is 0. The van der Waals surface area contributed by atoms with E-state index >= 15 is 0 Å². The number of aromatic nitrogens is 1. The molecule has 88 valence electrons. The van der Waals surface area contributed by atoms with Crippen molar-refractivity contribution in [1.82, 2.24) is 4.98 Å². The predicted octanol–water partition coefficient (Wildman–Crippen LogP) is 3.19. The van der Waals surface area contributed by atoms with Crippen LogP contribution < -0.4 is 5.32 Å². The van der Waals surface area contributed by atoms with E-state index in [2.05, 4.69) is 16.4 Å². The third-order valence-corrected chi connectivity index (χ3v) is 3.00. The van der Waals surface area contributed by atoms with E-state index in [0.717, 1.165) is 11.3 Å². The van der Waals surface area contributed by atoms with E-state index in [1.165, 1.54) is 12.8 Å². The van der Waals surface area contributed by atoms with Gasteiger partial charge < -0.3 is 5.32 Å². The van der Waals surface area contributed by atoms with Crippen molar-refractivity contribution in [3.8, 4) is 17.3 Å². The van der Waals surface area contributed by atoms with Gasteiger partial charge in [0, 0.05) is 11.6 Å². The van der Waals surface area contributed by atoms with Crippen molar-refractivity contribution in [1.29, 1.82) is 5.26 Å². The number of nitriles is 1. The standard InChI is InChI=1S/C15H13N3/c16-10-12-6-9-14(11-4-2-1-3-5-11)18-15(12)17-13-7-8-13/h1-6,9,13H,7-8H2,(H,17,18). The molecule has 2 aromatic rings. The molecule has 0 amide bonds. The Labute approximate surface area is 106 Å². The maximum Gasteiger partial charge on any atom is 0.144 e. The largest absolute Gasteiger partial charge is 0.366 e. The average Bonchev–Trinajstić information content (AvgIpc) is 3.24. The molecule has 1 aromatic carbocycles. The number of hydrogen-bond acceptors (Lipinski definition) is 3. The summed E-state index contributed by atoms with van der Waals surface area (Å²) in [5.74, 6) is 0.710. The quantitative estimate of drug-likeness (QED) is 0.888. The van der Waals surface area contributed by atoms with Crippen molar-refractivity contribution in [2.24, 2.45) is 0 Å². The minimum atomic E-state index is 0.496. The van der Waals surface area contributed by atoms with Crippen molar-refractivity contribution in [2.45, 2.75) is 18.9 Å². The fourth-order valence-electron chi connectivity index (χ4n) is 1.85. The second-order valence-corrected chi connectivity index (χ2v) is 4.49. The SMILES string of the molecule is N#Cc1ccc(-c2ccccc2)nc1NC1CC1. The zero-order valence-corrected chi connectivity index (χ0v) is 9.93. The molecule has 18 heavy (non-hydrogen) atoms. The number of nitrogens with one attached hydrogen (secondary N) is 1. The Morgan fingerprint density at radius 2 is 1.89 bits per heavy atom. The molecule has 0 saturated heterocycles. The second kappa shape index (κ2) is 4.50. The molecule has 1 N–H and O–H groups in total. The van der Waals surface area contributed by atoms with Crippen LogP contribution in [0.1, 0.15) is 18.4 Å². The number of benzene rings is 1. The molecule has 3 rings (SSSR count). The van der Waals surface area contributed by atoms with Gasteiger partial charge in [0.05, 0.1) is 11.3 Å². The fraction of sp³-hybridized carbons (Fsp3) is 0.200. The van der Waals surface area contributed by atoms with Gasteiger partial charge in [-0.1, -0.05) is 30.3 Å². The molecule has 1 fully saturated rings. The van der Waals surface area contributed by atoms with Crippen LogP contribution in [0.5, 0.6) is 0 Å². The molecule has 1 aliphatic rings. The van der Waals surface area contributed by atoms with Crippen LogP contribution in [0.3, 0.4) is 0 Å². The van der Waals surface area contributed by atoms with Gasteiger partial charge in [-0.05, 0) is 25.0 Å². The summed E-state index contributed by atoms with van der Waals surface area (Å²) < 4.78 is 0. The fourth-order valence-corrected chi connectivity index (χ4v) is 1.85. The third kappa shape index (κ3) is 2.18. The number of nitrogens with zero attached hydrogens (tertiary/aromatic N) is 2. The topological polar surface area (TPSA) is 48.7 Å². The van der Waals surface area contributed by atoms with E-state index in [-0.39, 0.29) is 0 Å². The Morgan fingerprint density at radius 1 is 1.11 bits per heavy atom. The summed E-state index contributed by atoms with van der Waals surface area (Å²) >= 11 is 0. The molecular weight excluding hydrogens is 222 g/mol. The van der Waals surface area contributed by atoms with Crippen LogP contribution in [-0.4, -0.2) is 11.0 Å². The highest BCUT2D eigenvalue weighted by Crippen LogP contribution is 2.27. The molecule has 1 heterocycles. The summed E-state index contributed by atoms with van der Waals surface area (Å²) in [5, 5.41) is 12.4. The van der Waals surface area contributed by atoms with Gasteiger partial charge in [-0.15, -0.1) is 0 Å². The van der Waals surface area contributed by atoms with Gasteiger partial charge in [0.15, 0.2) is 0 Å². The van der Waals surface area contributed by atoms with Crippen LogP contribution in [-0.2, 0) is 0 Å². The zero-order valence-electron chi connectivity index (χ0n) is 9.93. The molecule has 3 nitrogen and oxygen atoms in total. The first kappa shape index (κ1) is 10.8. The van der Waals surface area contributed by atoms with Crippen molar-refractivity contribution in [2.75, 3.05) is 5.32 Å². The highest BCUT2D eigenvalue weighted by atomic mass is 15.0. The minimum Gasteiger partial charge on any atom is -0.366 e. The molecule has 0 aliphatic heterocycles. The summed E-state index contributed by atoms with van der Waals surface area (Å²) in [5.41, 5.74) is 2.58. The normalized spacial score (nSPS) is 13.9. The van der Waals surface area contributed by atoms with E-state index in [9.17, 15) is 0 Å². The van der Waals surface area contributed by atoms with Gasteiger partial charge in [0.25, 0.3) is 0 Å². The molecular formula is C15H13N3. The van der Waals surface area contributed by atoms with E-state index in [1.807, 2.05) is 42.5 Å². The van der Waals surface area contributed by atoms with Gasteiger partial charge in [0.2, 0.25) is 0 Å². The molecule has 1 aromatic heterocycles. The van der Waals surface area contributed by atoms with E-state index in [1.54, 1.807) is 0 Å². The van der Waals surface area contributed by atoms with Crippen LogP contribution in [0.4, 0.5) is 5.82 Å². The molecule has 3 heteroatoms. The molecule has 0 spiro atoms. The predicted molar refractivity (Wildman–Crippen MR) is 71.0 cm³/mol. The van der Waals surface area contributed by atoms with Crippen LogP contribution >= 0.6 is 0 Å². The lowest BCUT2D eigenvalue weighted by Crippen LogP contribution is -2.05. The summed E-state index contributed by atoms with van der Waals surface area (Å²) in [7, 11) is 0. The van der Waals surface area contributed by atoms with Crippen LogP contribution in [0.15, 0.2) is 42.5 Å². The summed E-state index contributed by atoms with van der Waals surface area (Å²) in [6, 6.07) is 16.4. The Bertz CT molecular complexity index is 595. The maximum absolute atomic E-state index is 9.08. The second-order valence-electron chi connectivity index (χ2n) is 4.49. The Balaban J connectivity index is 1.99. The highest BCUT2D eigenvalue weighted by Gasteiger charge is 2.22. The monoisotopic (exact) mass is 235 g/mol. The smallest absolute Gasteiger partial charge is 0.144 e. The number of anilines is 1. The Hall–Kier alpha value is -2.34. The van der Waals surface area contributed by atoms with Crippen LogP contribution in [0.2, 0.25) is 0 Å². The van der Waals surface area contributed by atoms with Gasteiger partial charge in [-0.2, -0.15) is 5.26 Å². The molecule has 1 saturated carbocycles. The average molecular weight is 235 g/mol. The van der Waals surface area contributed by atoms with Crippen LogP contribution in [0.25, 0.3) is 11.3 Å². The molecule has 0 bridgehead atoms. The van der Waals surface area contributed by atoms with Gasteiger partial charge in [-0.25, -0.2) is 4.98 Å². The van der Waals surface area contributed by atoms with Gasteiger partial charge in [-0.3, -0.25) is 0 Å². The van der Waals surface area contributed by atoms with Crippen molar-refractivity contribution >= 4 is 5.82 Å².